The zero-order chi connectivity index (χ0) is 36.1. The number of fused-ring (bicyclic) bond motifs is 4. The Labute approximate surface area is 303 Å². The third-order valence-electron chi connectivity index (χ3n) is 9.38. The summed E-state index contributed by atoms with van der Waals surface area (Å²) >= 11 is 4.17. The Hall–Kier alpha value is -4.19. The van der Waals surface area contributed by atoms with Crippen LogP contribution in [0.2, 0.25) is 0 Å². The number of hydrogen-bond acceptors (Lipinski definition) is 13. The summed E-state index contributed by atoms with van der Waals surface area (Å²) in [6.07, 6.45) is 0.311. The lowest BCUT2D eigenvalue weighted by molar-refractivity contribution is -0.158. The number of aromatic carboxylic acids is 1. The highest BCUT2D eigenvalue weighted by Crippen LogP contribution is 2.47. The van der Waals surface area contributed by atoms with Crippen LogP contribution in [0.25, 0.3) is 10.9 Å². The van der Waals surface area contributed by atoms with E-state index >= 15 is 4.39 Å². The van der Waals surface area contributed by atoms with Crippen LogP contribution in [0.4, 0.5) is 10.1 Å². The van der Waals surface area contributed by atoms with Crippen molar-refractivity contribution < 1.29 is 42.9 Å². The number of amides is 1. The van der Waals surface area contributed by atoms with Gasteiger partial charge >= 0.3 is 17.9 Å². The van der Waals surface area contributed by atoms with Gasteiger partial charge in [0.05, 0.1) is 32.9 Å². The lowest BCUT2D eigenvalue weighted by Gasteiger charge is -2.49. The Bertz CT molecular complexity index is 2060. The van der Waals surface area contributed by atoms with Crippen LogP contribution in [0.3, 0.4) is 0 Å². The summed E-state index contributed by atoms with van der Waals surface area (Å²) in [7, 11) is 0. The topological polar surface area (TPSA) is 156 Å². The fourth-order valence-corrected chi connectivity index (χ4v) is 10.1. The van der Waals surface area contributed by atoms with Crippen molar-refractivity contribution in [3.05, 3.63) is 67.4 Å². The van der Waals surface area contributed by atoms with Gasteiger partial charge in [0.1, 0.15) is 36.2 Å². The number of Topliss-reactive ketones (excluding diaryl/α,β-unsaturated/α-hetero) is 1. The lowest BCUT2D eigenvalue weighted by Crippen LogP contribution is -2.62. The maximum absolute atomic E-state index is 15.4. The number of hydrogen-bond donors (Lipinski definition) is 1. The van der Waals surface area contributed by atoms with Gasteiger partial charge in [-0.3, -0.25) is 29.0 Å². The minimum absolute atomic E-state index is 0.0119. The summed E-state index contributed by atoms with van der Waals surface area (Å²) in [4.78, 5) is 82.0. The normalized spacial score (nSPS) is 21.5. The van der Waals surface area contributed by atoms with Crippen molar-refractivity contribution in [3.63, 3.8) is 0 Å². The third kappa shape index (κ3) is 6.56. The minimum atomic E-state index is -1.34. The highest BCUT2D eigenvalue weighted by molar-refractivity contribution is 8.00. The second-order valence-electron chi connectivity index (χ2n) is 12.6. The molecule has 0 radical (unpaired) electrons. The molecular formula is C34H33FN4O9S3. The smallest absolute Gasteiger partial charge is 0.356 e. The molecule has 7 rings (SSSR count). The number of pyridine rings is 1. The number of anilines is 1. The quantitative estimate of drug-likeness (QED) is 0.224. The van der Waals surface area contributed by atoms with Crippen molar-refractivity contribution >= 4 is 81.0 Å². The molecule has 51 heavy (non-hydrogen) atoms. The SMILES string of the molecule is CC(=O)OCC1=C(C(=O)OCN2CCN(c3cc4c(cc3F)c(=O)c(C(=O)O)c3n4C(C)S3)CC2)N2C(=O)[C@@H](CC(=O)Cc3cccs3)[C@H]2SC1. The number of aromatic nitrogens is 1. The van der Waals surface area contributed by atoms with Crippen molar-refractivity contribution in [3.8, 4) is 0 Å². The van der Waals surface area contributed by atoms with Gasteiger partial charge in [-0.15, -0.1) is 23.1 Å². The number of ketones is 1. The van der Waals surface area contributed by atoms with Crippen LogP contribution < -0.4 is 10.3 Å². The number of β-lactam (4-membered cyclic amide) rings is 1. The molecule has 2 fully saturated rings. The van der Waals surface area contributed by atoms with Crippen LogP contribution in [0.15, 0.2) is 50.7 Å². The lowest BCUT2D eigenvalue weighted by atomic mass is 9.89. The molecule has 13 nitrogen and oxygen atoms in total. The van der Waals surface area contributed by atoms with Crippen molar-refractivity contribution in [1.29, 1.82) is 0 Å². The van der Waals surface area contributed by atoms with E-state index in [-0.39, 0.29) is 65.6 Å². The fraction of sp³-hybridized carbons (Fsp3) is 0.412. The molecule has 6 heterocycles. The summed E-state index contributed by atoms with van der Waals surface area (Å²) in [5, 5.41) is 11.3. The number of ether oxygens (including phenoxy) is 2. The van der Waals surface area contributed by atoms with Gasteiger partial charge < -0.3 is 24.0 Å². The van der Waals surface area contributed by atoms with Gasteiger partial charge in [0.15, 0.2) is 0 Å². The standard InChI is InChI=1S/C34H33FN4O9S3/c1-17-38-25-13-26(24(35)12-22(25)29(42)27(33(44)45)32(38)51-17)37-7-5-36(6-8-37)16-48-34(46)28-19(14-47-18(2)40)15-50-31-23(30(43)39(28)31)11-20(41)10-21-4-3-9-49-21/h3-4,9,12-13,17,23,31H,5-8,10-11,14-16H2,1-2H3,(H,44,45)/t17?,23-,31-/m1/s1. The van der Waals surface area contributed by atoms with Gasteiger partial charge in [-0.1, -0.05) is 17.8 Å². The molecular weight excluding hydrogens is 724 g/mol. The Kier molecular flexibility index (Phi) is 9.73. The van der Waals surface area contributed by atoms with Gasteiger partial charge in [0.25, 0.3) is 0 Å². The third-order valence-corrected chi connectivity index (χ3v) is 12.8. The van der Waals surface area contributed by atoms with Crippen molar-refractivity contribution in [2.75, 3.05) is 50.2 Å². The average molecular weight is 757 g/mol. The largest absolute Gasteiger partial charge is 0.477 e. The van der Waals surface area contributed by atoms with Gasteiger partial charge in [0, 0.05) is 67.5 Å². The van der Waals surface area contributed by atoms with Crippen molar-refractivity contribution in [2.45, 2.75) is 42.5 Å². The van der Waals surface area contributed by atoms with Crippen LogP contribution in [0.5, 0.6) is 0 Å². The van der Waals surface area contributed by atoms with E-state index < -0.39 is 40.4 Å². The van der Waals surface area contributed by atoms with E-state index in [9.17, 15) is 33.9 Å². The van der Waals surface area contributed by atoms with Gasteiger partial charge in [-0.05, 0) is 30.5 Å². The van der Waals surface area contributed by atoms with E-state index in [0.717, 1.165) is 10.9 Å². The number of carbonyl (C=O) groups excluding carboxylic acids is 4. The van der Waals surface area contributed by atoms with E-state index in [1.165, 1.54) is 46.7 Å². The molecule has 1 unspecified atom stereocenters. The molecule has 0 spiro atoms. The zero-order valence-corrected chi connectivity index (χ0v) is 30.0. The van der Waals surface area contributed by atoms with Gasteiger partial charge in [-0.25, -0.2) is 14.0 Å². The summed E-state index contributed by atoms with van der Waals surface area (Å²) in [5.74, 6) is -3.91. The molecule has 2 aromatic heterocycles. The van der Waals surface area contributed by atoms with Crippen LogP contribution in [-0.2, 0) is 35.1 Å². The minimum Gasteiger partial charge on any atom is -0.477 e. The number of esters is 2. The summed E-state index contributed by atoms with van der Waals surface area (Å²) in [6.45, 7) is 4.41. The summed E-state index contributed by atoms with van der Waals surface area (Å²) in [6, 6.07) is 6.44. The Morgan fingerprint density at radius 1 is 1.08 bits per heavy atom. The first-order valence-electron chi connectivity index (χ1n) is 16.2. The first-order chi connectivity index (χ1) is 24.4. The number of thiophene rings is 1. The fourth-order valence-electron chi connectivity index (χ4n) is 6.83. The maximum atomic E-state index is 15.4. The number of carboxylic acids is 1. The van der Waals surface area contributed by atoms with Gasteiger partial charge in [-0.2, -0.15) is 0 Å². The van der Waals surface area contributed by atoms with Crippen LogP contribution in [-0.4, -0.2) is 99.7 Å². The molecule has 4 aliphatic rings. The number of piperazine rings is 1. The molecule has 1 N–H and O–H groups in total. The summed E-state index contributed by atoms with van der Waals surface area (Å²) in [5.41, 5.74) is 0.168. The Morgan fingerprint density at radius 2 is 1.84 bits per heavy atom. The molecule has 3 aromatic rings. The molecule has 3 atom stereocenters. The van der Waals surface area contributed by atoms with Crippen LogP contribution in [0, 0.1) is 11.7 Å². The molecule has 1 amide bonds. The van der Waals surface area contributed by atoms with Crippen molar-refractivity contribution in [2.24, 2.45) is 5.92 Å². The van der Waals surface area contributed by atoms with Crippen molar-refractivity contribution in [1.82, 2.24) is 14.4 Å². The van der Waals surface area contributed by atoms with E-state index in [1.54, 1.807) is 10.6 Å². The zero-order valence-electron chi connectivity index (χ0n) is 27.6. The van der Waals surface area contributed by atoms with E-state index in [4.69, 9.17) is 9.47 Å². The maximum Gasteiger partial charge on any atom is 0.356 e. The number of carbonyl (C=O) groups is 5. The number of rotatable bonds is 11. The number of carboxylic acid groups (broad SMARTS) is 1. The molecule has 4 aliphatic heterocycles. The molecule has 2 saturated heterocycles. The second kappa shape index (κ2) is 14.1. The number of thioether (sulfide) groups is 2. The average Bonchev–Trinajstić information content (AvgIpc) is 3.61. The van der Waals surface area contributed by atoms with E-state index in [0.29, 0.717) is 48.0 Å². The number of nitrogens with zero attached hydrogens (tertiary/aromatic N) is 4. The Balaban J connectivity index is 1.01. The second-order valence-corrected chi connectivity index (χ2v) is 16.1. The predicted octanol–water partition coefficient (Wildman–Crippen LogP) is 3.70. The molecule has 0 saturated carbocycles. The van der Waals surface area contributed by atoms with E-state index in [1.807, 2.05) is 34.2 Å². The van der Waals surface area contributed by atoms with Crippen LogP contribution in [0.1, 0.15) is 40.9 Å². The first-order valence-corrected chi connectivity index (χ1v) is 19.0. The molecule has 0 bridgehead atoms. The van der Waals surface area contributed by atoms with Gasteiger partial charge in [0.2, 0.25) is 11.3 Å². The summed E-state index contributed by atoms with van der Waals surface area (Å²) < 4.78 is 28.1. The van der Waals surface area contributed by atoms with E-state index in [2.05, 4.69) is 0 Å². The highest BCUT2D eigenvalue weighted by Gasteiger charge is 2.54. The first kappa shape index (κ1) is 35.2. The number of benzene rings is 1. The predicted molar refractivity (Wildman–Crippen MR) is 188 cm³/mol. The van der Waals surface area contributed by atoms with Crippen LogP contribution >= 0.6 is 34.9 Å². The molecule has 17 heteroatoms. The molecule has 0 aliphatic carbocycles. The monoisotopic (exact) mass is 756 g/mol. The molecule has 268 valence electrons. The Morgan fingerprint density at radius 3 is 2.51 bits per heavy atom. The highest BCUT2D eigenvalue weighted by atomic mass is 32.2. The number of halogens is 1. The molecule has 1 aromatic carbocycles.